The highest BCUT2D eigenvalue weighted by molar-refractivity contribution is 5.81. The predicted octanol–water partition coefficient (Wildman–Crippen LogP) is 0.280. The summed E-state index contributed by atoms with van der Waals surface area (Å²) in [6.07, 6.45) is 3.29. The monoisotopic (exact) mass is 200 g/mol. The average molecular weight is 200 g/mol. The van der Waals surface area contributed by atoms with Crippen molar-refractivity contribution in [2.45, 2.75) is 38.3 Å². The zero-order valence-corrected chi connectivity index (χ0v) is 9.01. The Bertz CT molecular complexity index is 185. The number of rotatable bonds is 4. The number of nitrogens with one attached hydrogen (secondary N) is 2. The highest BCUT2D eigenvalue weighted by atomic mass is 16.5. The van der Waals surface area contributed by atoms with Crippen molar-refractivity contribution in [3.8, 4) is 0 Å². The van der Waals surface area contributed by atoms with E-state index in [4.69, 9.17) is 4.74 Å². The summed E-state index contributed by atoms with van der Waals surface area (Å²) in [6.45, 7) is 3.53. The van der Waals surface area contributed by atoms with Crippen molar-refractivity contribution in [1.29, 1.82) is 0 Å². The van der Waals surface area contributed by atoms with Gasteiger partial charge in [-0.25, -0.2) is 0 Å². The molecule has 1 rings (SSSR count). The molecule has 2 atom stereocenters. The Kier molecular flexibility index (Phi) is 4.90. The van der Waals surface area contributed by atoms with Gasteiger partial charge in [0.15, 0.2) is 0 Å². The van der Waals surface area contributed by atoms with Crippen LogP contribution in [0.15, 0.2) is 0 Å². The molecule has 0 aromatic heterocycles. The molecule has 1 heterocycles. The lowest BCUT2D eigenvalue weighted by molar-refractivity contribution is -0.122. The predicted molar refractivity (Wildman–Crippen MR) is 55.1 cm³/mol. The van der Waals surface area contributed by atoms with Gasteiger partial charge in [-0.05, 0) is 26.2 Å². The molecule has 0 radical (unpaired) electrons. The fraction of sp³-hybridized carbons (Fsp3) is 0.900. The second-order valence-electron chi connectivity index (χ2n) is 3.79. The highest BCUT2D eigenvalue weighted by Gasteiger charge is 2.20. The number of methoxy groups -OCH3 is 1. The Hall–Kier alpha value is -0.610. The third-order valence-corrected chi connectivity index (χ3v) is 2.59. The molecule has 2 unspecified atom stereocenters. The lowest BCUT2D eigenvalue weighted by Crippen LogP contribution is -2.45. The Morgan fingerprint density at radius 3 is 3.14 bits per heavy atom. The molecule has 1 saturated heterocycles. The standard InChI is InChI=1S/C10H20N2O2/c1-8(14-2)7-12-9-5-3-4-6-11-10(9)13/h8-9,12H,3-7H2,1-2H3,(H,11,13). The summed E-state index contributed by atoms with van der Waals surface area (Å²) in [5, 5.41) is 6.12. The lowest BCUT2D eigenvalue weighted by atomic mass is 10.1. The normalized spacial score (nSPS) is 25.3. The first-order valence-corrected chi connectivity index (χ1v) is 5.28. The summed E-state index contributed by atoms with van der Waals surface area (Å²) in [4.78, 5) is 11.5. The van der Waals surface area contributed by atoms with Crippen LogP contribution in [0.5, 0.6) is 0 Å². The van der Waals surface area contributed by atoms with E-state index in [1.807, 2.05) is 6.92 Å². The van der Waals surface area contributed by atoms with Crippen LogP contribution in [0.25, 0.3) is 0 Å². The fourth-order valence-corrected chi connectivity index (χ4v) is 1.53. The molecule has 14 heavy (non-hydrogen) atoms. The van der Waals surface area contributed by atoms with Gasteiger partial charge in [-0.3, -0.25) is 4.79 Å². The molecule has 82 valence electrons. The van der Waals surface area contributed by atoms with Crippen molar-refractivity contribution >= 4 is 5.91 Å². The van der Waals surface area contributed by atoms with Gasteiger partial charge < -0.3 is 15.4 Å². The van der Waals surface area contributed by atoms with Crippen LogP contribution in [0.2, 0.25) is 0 Å². The zero-order chi connectivity index (χ0) is 10.4. The number of ether oxygens (including phenoxy) is 1. The maximum Gasteiger partial charge on any atom is 0.237 e. The minimum absolute atomic E-state index is 0.0323. The maximum atomic E-state index is 11.5. The molecule has 4 heteroatoms. The Labute approximate surface area is 85.4 Å². The number of hydrogen-bond donors (Lipinski definition) is 2. The van der Waals surface area contributed by atoms with Gasteiger partial charge in [-0.1, -0.05) is 0 Å². The average Bonchev–Trinajstić information content (AvgIpc) is 2.39. The van der Waals surface area contributed by atoms with Crippen molar-refractivity contribution in [3.63, 3.8) is 0 Å². The molecule has 0 saturated carbocycles. The van der Waals surface area contributed by atoms with Crippen LogP contribution >= 0.6 is 0 Å². The summed E-state index contributed by atoms with van der Waals surface area (Å²) in [5.41, 5.74) is 0. The van der Waals surface area contributed by atoms with Crippen molar-refractivity contribution in [2.24, 2.45) is 0 Å². The summed E-state index contributed by atoms with van der Waals surface area (Å²) in [7, 11) is 1.68. The minimum Gasteiger partial charge on any atom is -0.380 e. The van der Waals surface area contributed by atoms with Gasteiger partial charge in [0, 0.05) is 20.2 Å². The number of hydrogen-bond acceptors (Lipinski definition) is 3. The summed E-state index contributed by atoms with van der Waals surface area (Å²) >= 11 is 0. The number of amides is 1. The second-order valence-corrected chi connectivity index (χ2v) is 3.79. The van der Waals surface area contributed by atoms with E-state index in [0.717, 1.165) is 32.4 Å². The molecular weight excluding hydrogens is 180 g/mol. The van der Waals surface area contributed by atoms with Crippen LogP contribution in [0.4, 0.5) is 0 Å². The summed E-state index contributed by atoms with van der Waals surface area (Å²) in [6, 6.07) is -0.0323. The summed E-state index contributed by atoms with van der Waals surface area (Å²) in [5.74, 6) is 0.130. The molecule has 1 fully saturated rings. The van der Waals surface area contributed by atoms with E-state index in [1.54, 1.807) is 7.11 Å². The third kappa shape index (κ3) is 3.64. The minimum atomic E-state index is -0.0323. The van der Waals surface area contributed by atoms with E-state index < -0.39 is 0 Å². The molecule has 2 N–H and O–H groups in total. The van der Waals surface area contributed by atoms with Crippen LogP contribution < -0.4 is 10.6 Å². The van der Waals surface area contributed by atoms with Crippen molar-refractivity contribution in [1.82, 2.24) is 10.6 Å². The van der Waals surface area contributed by atoms with E-state index in [-0.39, 0.29) is 18.1 Å². The molecule has 0 aromatic rings. The number of carbonyl (C=O) groups is 1. The maximum absolute atomic E-state index is 11.5. The molecule has 0 spiro atoms. The molecule has 1 aliphatic rings. The molecule has 4 nitrogen and oxygen atoms in total. The van der Waals surface area contributed by atoms with Crippen LogP contribution in [0.3, 0.4) is 0 Å². The first-order chi connectivity index (χ1) is 6.74. The molecule has 0 aliphatic carbocycles. The van der Waals surface area contributed by atoms with Crippen molar-refractivity contribution in [2.75, 3.05) is 20.2 Å². The quantitative estimate of drug-likeness (QED) is 0.685. The van der Waals surface area contributed by atoms with Gasteiger partial charge in [0.25, 0.3) is 0 Å². The fourth-order valence-electron chi connectivity index (χ4n) is 1.53. The lowest BCUT2D eigenvalue weighted by Gasteiger charge is -2.17. The molecular formula is C10H20N2O2. The number of carbonyl (C=O) groups excluding carboxylic acids is 1. The van der Waals surface area contributed by atoms with Gasteiger partial charge in [-0.15, -0.1) is 0 Å². The van der Waals surface area contributed by atoms with Crippen LogP contribution in [-0.4, -0.2) is 38.3 Å². The highest BCUT2D eigenvalue weighted by Crippen LogP contribution is 2.05. The molecule has 0 aromatic carbocycles. The van der Waals surface area contributed by atoms with E-state index in [1.165, 1.54) is 0 Å². The van der Waals surface area contributed by atoms with E-state index in [2.05, 4.69) is 10.6 Å². The van der Waals surface area contributed by atoms with Gasteiger partial charge in [-0.2, -0.15) is 0 Å². The van der Waals surface area contributed by atoms with Crippen LogP contribution in [0.1, 0.15) is 26.2 Å². The zero-order valence-electron chi connectivity index (χ0n) is 9.01. The van der Waals surface area contributed by atoms with Crippen molar-refractivity contribution < 1.29 is 9.53 Å². The molecule has 1 aliphatic heterocycles. The Morgan fingerprint density at radius 1 is 1.64 bits per heavy atom. The molecule has 1 amide bonds. The second kappa shape index (κ2) is 5.98. The third-order valence-electron chi connectivity index (χ3n) is 2.59. The van der Waals surface area contributed by atoms with Gasteiger partial charge in [0.2, 0.25) is 5.91 Å². The van der Waals surface area contributed by atoms with Gasteiger partial charge >= 0.3 is 0 Å². The Morgan fingerprint density at radius 2 is 2.43 bits per heavy atom. The van der Waals surface area contributed by atoms with Crippen molar-refractivity contribution in [3.05, 3.63) is 0 Å². The van der Waals surface area contributed by atoms with E-state index >= 15 is 0 Å². The first kappa shape index (κ1) is 11.5. The van der Waals surface area contributed by atoms with E-state index in [0.29, 0.717) is 0 Å². The SMILES string of the molecule is COC(C)CNC1CCCCNC1=O. The van der Waals surface area contributed by atoms with Crippen LogP contribution in [0, 0.1) is 0 Å². The van der Waals surface area contributed by atoms with Gasteiger partial charge in [0.05, 0.1) is 12.1 Å². The van der Waals surface area contributed by atoms with E-state index in [9.17, 15) is 4.79 Å². The largest absolute Gasteiger partial charge is 0.380 e. The smallest absolute Gasteiger partial charge is 0.237 e. The summed E-state index contributed by atoms with van der Waals surface area (Å²) < 4.78 is 5.11. The molecule has 0 bridgehead atoms. The first-order valence-electron chi connectivity index (χ1n) is 5.28. The topological polar surface area (TPSA) is 50.4 Å². The van der Waals surface area contributed by atoms with Gasteiger partial charge in [0.1, 0.15) is 0 Å². The Balaban J connectivity index is 2.29. The van der Waals surface area contributed by atoms with Crippen LogP contribution in [-0.2, 0) is 9.53 Å².